The molecule has 0 fully saturated rings. The molecule has 1 aromatic heterocycles. The van der Waals surface area contributed by atoms with Crippen molar-refractivity contribution in [1.29, 1.82) is 0 Å². The first-order chi connectivity index (χ1) is 10.5. The largest absolute Gasteiger partial charge is 0.466 e. The van der Waals surface area contributed by atoms with E-state index < -0.39 is 0 Å². The summed E-state index contributed by atoms with van der Waals surface area (Å²) in [6.07, 6.45) is 2.54. The molecule has 1 aromatic carbocycles. The van der Waals surface area contributed by atoms with E-state index in [9.17, 15) is 4.79 Å². The third-order valence-corrected chi connectivity index (χ3v) is 4.73. The summed E-state index contributed by atoms with van der Waals surface area (Å²) < 4.78 is 7.61. The van der Waals surface area contributed by atoms with Gasteiger partial charge < -0.3 is 9.30 Å². The molecule has 0 saturated heterocycles. The summed E-state index contributed by atoms with van der Waals surface area (Å²) in [6.45, 7) is 6.70. The lowest BCUT2D eigenvalue weighted by Gasteiger charge is -2.23. The van der Waals surface area contributed by atoms with E-state index in [0.29, 0.717) is 12.6 Å². The third-order valence-electron chi connectivity index (χ3n) is 4.50. The Labute approximate surface area is 136 Å². The van der Waals surface area contributed by atoms with Crippen LogP contribution in [0.15, 0.2) is 18.2 Å². The van der Waals surface area contributed by atoms with Crippen molar-refractivity contribution in [1.82, 2.24) is 4.57 Å². The number of halogens is 1. The standard InChI is InChI=1S/C18H22ClNO2/c1-4-22-18(21)12-5-7-16-14(9-12)15-10-13(19)6-8-17(15)20(16)11(2)3/h6,8,10-12H,4-5,7,9H2,1-3H3. The molecule has 1 atom stereocenters. The minimum absolute atomic E-state index is 0.0300. The van der Waals surface area contributed by atoms with E-state index in [1.165, 1.54) is 22.2 Å². The van der Waals surface area contributed by atoms with Crippen LogP contribution in [0.25, 0.3) is 10.9 Å². The number of aromatic nitrogens is 1. The highest BCUT2D eigenvalue weighted by Crippen LogP contribution is 2.37. The minimum Gasteiger partial charge on any atom is -0.466 e. The molecule has 0 saturated carbocycles. The van der Waals surface area contributed by atoms with Crippen molar-refractivity contribution in [2.24, 2.45) is 5.92 Å². The van der Waals surface area contributed by atoms with Gasteiger partial charge in [0.1, 0.15) is 0 Å². The van der Waals surface area contributed by atoms with Gasteiger partial charge in [0.2, 0.25) is 0 Å². The van der Waals surface area contributed by atoms with E-state index in [0.717, 1.165) is 24.3 Å². The number of hydrogen-bond acceptors (Lipinski definition) is 2. The number of benzene rings is 1. The summed E-state index contributed by atoms with van der Waals surface area (Å²) >= 11 is 6.20. The van der Waals surface area contributed by atoms with Crippen LogP contribution in [0, 0.1) is 5.92 Å². The topological polar surface area (TPSA) is 31.2 Å². The summed E-state index contributed by atoms with van der Waals surface area (Å²) in [4.78, 5) is 12.1. The fourth-order valence-electron chi connectivity index (χ4n) is 3.62. The van der Waals surface area contributed by atoms with Crippen LogP contribution < -0.4 is 0 Å². The van der Waals surface area contributed by atoms with Crippen molar-refractivity contribution in [3.8, 4) is 0 Å². The number of nitrogens with zero attached hydrogens (tertiary/aromatic N) is 1. The van der Waals surface area contributed by atoms with Crippen molar-refractivity contribution in [3.63, 3.8) is 0 Å². The molecule has 0 aliphatic heterocycles. The lowest BCUT2D eigenvalue weighted by Crippen LogP contribution is -2.25. The number of rotatable bonds is 3. The SMILES string of the molecule is CCOC(=O)C1CCc2c(c3cc(Cl)ccc3n2C(C)C)C1. The Bertz CT molecular complexity index is 717. The molecule has 3 rings (SSSR count). The molecule has 1 aliphatic carbocycles. The van der Waals surface area contributed by atoms with Crippen molar-refractivity contribution in [3.05, 3.63) is 34.5 Å². The van der Waals surface area contributed by atoms with E-state index in [-0.39, 0.29) is 11.9 Å². The molecule has 1 unspecified atom stereocenters. The third kappa shape index (κ3) is 2.52. The van der Waals surface area contributed by atoms with Gasteiger partial charge in [-0.15, -0.1) is 0 Å². The van der Waals surface area contributed by atoms with Gasteiger partial charge in [-0.25, -0.2) is 0 Å². The van der Waals surface area contributed by atoms with Crippen LogP contribution in [0.4, 0.5) is 0 Å². The highest BCUT2D eigenvalue weighted by Gasteiger charge is 2.30. The van der Waals surface area contributed by atoms with E-state index >= 15 is 0 Å². The van der Waals surface area contributed by atoms with Crippen LogP contribution >= 0.6 is 11.6 Å². The molecule has 22 heavy (non-hydrogen) atoms. The molecule has 3 nitrogen and oxygen atoms in total. The van der Waals surface area contributed by atoms with Crippen molar-refractivity contribution in [2.75, 3.05) is 6.61 Å². The molecule has 0 N–H and O–H groups in total. The number of hydrogen-bond donors (Lipinski definition) is 0. The Morgan fingerprint density at radius 1 is 1.45 bits per heavy atom. The first kappa shape index (κ1) is 15.4. The second kappa shape index (κ2) is 5.96. The Morgan fingerprint density at radius 2 is 2.23 bits per heavy atom. The molecule has 118 valence electrons. The molecule has 1 aliphatic rings. The van der Waals surface area contributed by atoms with Gasteiger partial charge in [-0.3, -0.25) is 4.79 Å². The fourth-order valence-corrected chi connectivity index (χ4v) is 3.79. The predicted molar refractivity (Wildman–Crippen MR) is 89.5 cm³/mol. The quantitative estimate of drug-likeness (QED) is 0.777. The molecule has 0 amide bonds. The Balaban J connectivity index is 2.10. The first-order valence-electron chi connectivity index (χ1n) is 8.00. The summed E-state index contributed by atoms with van der Waals surface area (Å²) in [6, 6.07) is 6.46. The zero-order chi connectivity index (χ0) is 15.9. The average Bonchev–Trinajstić information content (AvgIpc) is 2.80. The number of carbonyl (C=O) groups is 1. The van der Waals surface area contributed by atoms with Crippen LogP contribution in [-0.2, 0) is 22.4 Å². The Kier molecular flexibility index (Phi) is 4.18. The Morgan fingerprint density at radius 3 is 2.91 bits per heavy atom. The number of ether oxygens (including phenoxy) is 1. The maximum atomic E-state index is 12.1. The highest BCUT2D eigenvalue weighted by molar-refractivity contribution is 6.31. The molecule has 1 heterocycles. The summed E-state index contributed by atoms with van der Waals surface area (Å²) in [7, 11) is 0. The number of fused-ring (bicyclic) bond motifs is 3. The Hall–Kier alpha value is -1.48. The molecule has 0 spiro atoms. The van der Waals surface area contributed by atoms with Gasteiger partial charge in [-0.1, -0.05) is 11.6 Å². The van der Waals surface area contributed by atoms with Crippen LogP contribution in [0.1, 0.15) is 44.5 Å². The molecule has 2 aromatic rings. The van der Waals surface area contributed by atoms with Gasteiger partial charge in [0.05, 0.1) is 12.5 Å². The predicted octanol–water partition coefficient (Wildman–Crippen LogP) is 4.54. The van der Waals surface area contributed by atoms with E-state index in [1.807, 2.05) is 19.1 Å². The summed E-state index contributed by atoms with van der Waals surface area (Å²) in [5, 5.41) is 1.93. The van der Waals surface area contributed by atoms with Crippen molar-refractivity contribution >= 4 is 28.5 Å². The van der Waals surface area contributed by atoms with Crippen LogP contribution in [0.2, 0.25) is 5.02 Å². The maximum Gasteiger partial charge on any atom is 0.309 e. The smallest absolute Gasteiger partial charge is 0.309 e. The van der Waals surface area contributed by atoms with Crippen LogP contribution in [0.3, 0.4) is 0 Å². The maximum absolute atomic E-state index is 12.1. The van der Waals surface area contributed by atoms with Gasteiger partial charge in [0.25, 0.3) is 0 Å². The van der Waals surface area contributed by atoms with E-state index in [2.05, 4.69) is 24.5 Å². The van der Waals surface area contributed by atoms with Crippen LogP contribution in [-0.4, -0.2) is 17.1 Å². The summed E-state index contributed by atoms with van der Waals surface area (Å²) in [5.74, 6) is -0.0988. The highest BCUT2D eigenvalue weighted by atomic mass is 35.5. The second-order valence-corrected chi connectivity index (χ2v) is 6.68. The van der Waals surface area contributed by atoms with Gasteiger partial charge >= 0.3 is 5.97 Å². The zero-order valence-corrected chi connectivity index (χ0v) is 14.1. The van der Waals surface area contributed by atoms with E-state index in [1.54, 1.807) is 0 Å². The van der Waals surface area contributed by atoms with Crippen molar-refractivity contribution in [2.45, 2.75) is 46.1 Å². The monoisotopic (exact) mass is 319 g/mol. The summed E-state index contributed by atoms with van der Waals surface area (Å²) in [5.41, 5.74) is 3.84. The zero-order valence-electron chi connectivity index (χ0n) is 13.4. The molecular formula is C18H22ClNO2. The average molecular weight is 320 g/mol. The molecule has 4 heteroatoms. The van der Waals surface area contributed by atoms with E-state index in [4.69, 9.17) is 16.3 Å². The lowest BCUT2D eigenvalue weighted by atomic mass is 9.86. The van der Waals surface area contributed by atoms with Crippen LogP contribution in [0.5, 0.6) is 0 Å². The number of carbonyl (C=O) groups excluding carboxylic acids is 1. The number of esters is 1. The van der Waals surface area contributed by atoms with Crippen molar-refractivity contribution < 1.29 is 9.53 Å². The molecule has 0 bridgehead atoms. The normalized spacial score (nSPS) is 17.8. The fraction of sp³-hybridized carbons (Fsp3) is 0.500. The van der Waals surface area contributed by atoms with Gasteiger partial charge in [-0.05, 0) is 63.8 Å². The van der Waals surface area contributed by atoms with Gasteiger partial charge in [-0.2, -0.15) is 0 Å². The second-order valence-electron chi connectivity index (χ2n) is 6.24. The molecule has 0 radical (unpaired) electrons. The first-order valence-corrected chi connectivity index (χ1v) is 8.38. The van der Waals surface area contributed by atoms with Gasteiger partial charge in [0.15, 0.2) is 0 Å². The lowest BCUT2D eigenvalue weighted by molar-refractivity contribution is -0.148. The molecular weight excluding hydrogens is 298 g/mol. The minimum atomic E-state index is -0.0689. The van der Waals surface area contributed by atoms with Gasteiger partial charge in [0, 0.05) is 27.7 Å².